The number of nitrogens with one attached hydrogen (secondary N) is 2. The van der Waals surface area contributed by atoms with Gasteiger partial charge >= 0.3 is 6.18 Å². The molecule has 0 fully saturated rings. The monoisotopic (exact) mass is 354 g/mol. The van der Waals surface area contributed by atoms with E-state index in [0.717, 1.165) is 28.6 Å². The van der Waals surface area contributed by atoms with Crippen LogP contribution in [0.1, 0.15) is 5.56 Å². The first kappa shape index (κ1) is 16.1. The van der Waals surface area contributed by atoms with E-state index in [-0.39, 0.29) is 11.6 Å². The van der Waals surface area contributed by atoms with Crippen LogP contribution in [0.5, 0.6) is 0 Å². The first-order valence-corrected chi connectivity index (χ1v) is 7.84. The average molecular weight is 354 g/mol. The zero-order valence-corrected chi connectivity index (χ0v) is 13.4. The second-order valence-corrected chi connectivity index (χ2v) is 5.75. The summed E-state index contributed by atoms with van der Waals surface area (Å²) in [5.74, 6) is 0.232. The molecule has 2 aromatic carbocycles. The zero-order chi connectivity index (χ0) is 18.1. The van der Waals surface area contributed by atoms with Gasteiger partial charge in [-0.25, -0.2) is 9.97 Å². The van der Waals surface area contributed by atoms with Crippen LogP contribution in [0.15, 0.2) is 67.0 Å². The van der Waals surface area contributed by atoms with Crippen molar-refractivity contribution in [2.24, 2.45) is 0 Å². The van der Waals surface area contributed by atoms with E-state index in [1.165, 1.54) is 12.1 Å². The number of hydrogen-bond acceptors (Lipinski definition) is 3. The number of anilines is 2. The second kappa shape index (κ2) is 6.18. The molecule has 2 heterocycles. The van der Waals surface area contributed by atoms with Crippen LogP contribution < -0.4 is 5.32 Å². The van der Waals surface area contributed by atoms with E-state index in [1.54, 1.807) is 12.3 Å². The molecular weight excluding hydrogens is 341 g/mol. The third-order valence-electron chi connectivity index (χ3n) is 3.95. The van der Waals surface area contributed by atoms with Gasteiger partial charge < -0.3 is 10.3 Å². The summed E-state index contributed by atoms with van der Waals surface area (Å²) < 4.78 is 38.5. The Balaban J connectivity index is 1.64. The van der Waals surface area contributed by atoms with Gasteiger partial charge in [-0.3, -0.25) is 0 Å². The Bertz CT molecular complexity index is 1070. The fraction of sp³-hybridized carbons (Fsp3) is 0.0526. The number of H-pyrrole nitrogens is 1. The summed E-state index contributed by atoms with van der Waals surface area (Å²) in [6.45, 7) is 0. The predicted molar refractivity (Wildman–Crippen MR) is 94.1 cm³/mol. The normalized spacial score (nSPS) is 11.7. The maximum absolute atomic E-state index is 12.8. The van der Waals surface area contributed by atoms with Gasteiger partial charge in [0.25, 0.3) is 0 Å². The molecule has 0 spiro atoms. The highest BCUT2D eigenvalue weighted by atomic mass is 19.4. The number of fused-ring (bicyclic) bond motifs is 1. The number of benzene rings is 2. The van der Waals surface area contributed by atoms with Crippen LogP contribution in [0, 0.1) is 0 Å². The Morgan fingerprint density at radius 2 is 1.85 bits per heavy atom. The first-order valence-electron chi connectivity index (χ1n) is 7.84. The molecule has 2 aromatic heterocycles. The van der Waals surface area contributed by atoms with Gasteiger partial charge in [0.2, 0.25) is 5.95 Å². The number of nitrogens with zero attached hydrogens (tertiary/aromatic N) is 2. The number of halogens is 3. The van der Waals surface area contributed by atoms with Gasteiger partial charge in [0.1, 0.15) is 0 Å². The molecule has 0 unspecified atom stereocenters. The minimum Gasteiger partial charge on any atom is -0.361 e. The lowest BCUT2D eigenvalue weighted by Gasteiger charge is -2.10. The number of aromatic amines is 1. The molecule has 0 atom stereocenters. The minimum atomic E-state index is -4.40. The van der Waals surface area contributed by atoms with E-state index in [1.807, 2.05) is 30.5 Å². The quantitative estimate of drug-likeness (QED) is 0.519. The maximum atomic E-state index is 12.8. The summed E-state index contributed by atoms with van der Waals surface area (Å²) in [6, 6.07) is 14.5. The molecule has 0 aliphatic heterocycles. The summed E-state index contributed by atoms with van der Waals surface area (Å²) in [7, 11) is 0. The predicted octanol–water partition coefficient (Wildman–Crippen LogP) is 5.39. The fourth-order valence-electron chi connectivity index (χ4n) is 2.69. The Kier molecular flexibility index (Phi) is 3.84. The molecule has 7 heteroatoms. The van der Waals surface area contributed by atoms with Crippen molar-refractivity contribution in [2.45, 2.75) is 6.18 Å². The van der Waals surface area contributed by atoms with Crippen LogP contribution in [-0.2, 0) is 6.18 Å². The molecule has 130 valence electrons. The Hall–Kier alpha value is -3.35. The lowest BCUT2D eigenvalue weighted by atomic mass is 10.1. The molecular formula is C19H13F3N4. The molecule has 4 aromatic rings. The SMILES string of the molecule is FC(F)(F)c1cccc(Nc2nccc(-c3ccc4[nH]ccc4c3)n2)c1. The zero-order valence-electron chi connectivity index (χ0n) is 13.4. The van der Waals surface area contributed by atoms with E-state index in [2.05, 4.69) is 20.3 Å². The Morgan fingerprint density at radius 3 is 2.69 bits per heavy atom. The Morgan fingerprint density at radius 1 is 0.962 bits per heavy atom. The molecule has 26 heavy (non-hydrogen) atoms. The standard InChI is InChI=1S/C19H13F3N4/c20-19(21,22)14-2-1-3-15(11-14)25-18-24-9-7-17(26-18)12-4-5-16-13(10-12)6-8-23-16/h1-11,23H,(H,24,25,26). The van der Waals surface area contributed by atoms with Crippen LogP contribution >= 0.6 is 0 Å². The summed E-state index contributed by atoms with van der Waals surface area (Å²) in [5.41, 5.74) is 2.14. The molecule has 0 amide bonds. The van der Waals surface area contributed by atoms with E-state index < -0.39 is 11.7 Å². The molecule has 0 bridgehead atoms. The van der Waals surface area contributed by atoms with Crippen molar-refractivity contribution in [3.8, 4) is 11.3 Å². The summed E-state index contributed by atoms with van der Waals surface area (Å²) in [6.07, 6.45) is -0.971. The highest BCUT2D eigenvalue weighted by Gasteiger charge is 2.30. The minimum absolute atomic E-state index is 0.232. The van der Waals surface area contributed by atoms with Crippen LogP contribution in [-0.4, -0.2) is 15.0 Å². The van der Waals surface area contributed by atoms with Crippen molar-refractivity contribution in [2.75, 3.05) is 5.32 Å². The molecule has 4 rings (SSSR count). The molecule has 2 N–H and O–H groups in total. The van der Waals surface area contributed by atoms with Crippen molar-refractivity contribution in [1.82, 2.24) is 15.0 Å². The summed E-state index contributed by atoms with van der Waals surface area (Å²) >= 11 is 0. The average Bonchev–Trinajstić information content (AvgIpc) is 3.09. The van der Waals surface area contributed by atoms with Gasteiger partial charge in [-0.15, -0.1) is 0 Å². The number of alkyl halides is 3. The van der Waals surface area contributed by atoms with E-state index in [0.29, 0.717) is 5.69 Å². The third kappa shape index (κ3) is 3.23. The first-order chi connectivity index (χ1) is 12.5. The molecule has 0 aliphatic carbocycles. The van der Waals surface area contributed by atoms with Gasteiger partial charge in [0.05, 0.1) is 11.3 Å². The van der Waals surface area contributed by atoms with E-state index in [9.17, 15) is 13.2 Å². The highest BCUT2D eigenvalue weighted by molar-refractivity contribution is 5.84. The second-order valence-electron chi connectivity index (χ2n) is 5.75. The highest BCUT2D eigenvalue weighted by Crippen LogP contribution is 2.31. The molecule has 0 aliphatic rings. The molecule has 0 saturated carbocycles. The smallest absolute Gasteiger partial charge is 0.361 e. The molecule has 4 nitrogen and oxygen atoms in total. The molecule has 0 radical (unpaired) electrons. The Labute approximate surface area is 146 Å². The summed E-state index contributed by atoms with van der Waals surface area (Å²) in [4.78, 5) is 11.6. The summed E-state index contributed by atoms with van der Waals surface area (Å²) in [5, 5.41) is 3.88. The third-order valence-corrected chi connectivity index (χ3v) is 3.95. The number of aromatic nitrogens is 3. The number of hydrogen-bond donors (Lipinski definition) is 2. The number of rotatable bonds is 3. The van der Waals surface area contributed by atoms with Gasteiger partial charge in [-0.05, 0) is 42.5 Å². The van der Waals surface area contributed by atoms with Crippen molar-refractivity contribution in [3.05, 3.63) is 72.6 Å². The van der Waals surface area contributed by atoms with Crippen molar-refractivity contribution in [3.63, 3.8) is 0 Å². The van der Waals surface area contributed by atoms with E-state index >= 15 is 0 Å². The van der Waals surface area contributed by atoms with E-state index in [4.69, 9.17) is 0 Å². The lowest BCUT2D eigenvalue weighted by molar-refractivity contribution is -0.137. The van der Waals surface area contributed by atoms with Gasteiger partial charge in [-0.1, -0.05) is 12.1 Å². The van der Waals surface area contributed by atoms with Gasteiger partial charge in [0.15, 0.2) is 0 Å². The van der Waals surface area contributed by atoms with Crippen LogP contribution in [0.2, 0.25) is 0 Å². The van der Waals surface area contributed by atoms with Crippen LogP contribution in [0.3, 0.4) is 0 Å². The van der Waals surface area contributed by atoms with Gasteiger partial charge in [0, 0.05) is 34.5 Å². The molecule has 0 saturated heterocycles. The van der Waals surface area contributed by atoms with Crippen molar-refractivity contribution in [1.29, 1.82) is 0 Å². The fourth-order valence-corrected chi connectivity index (χ4v) is 2.69. The lowest BCUT2D eigenvalue weighted by Crippen LogP contribution is -2.05. The van der Waals surface area contributed by atoms with Crippen LogP contribution in [0.4, 0.5) is 24.8 Å². The topological polar surface area (TPSA) is 53.6 Å². The maximum Gasteiger partial charge on any atom is 0.416 e. The van der Waals surface area contributed by atoms with Crippen molar-refractivity contribution < 1.29 is 13.2 Å². The van der Waals surface area contributed by atoms with Crippen molar-refractivity contribution >= 4 is 22.5 Å². The van der Waals surface area contributed by atoms with Gasteiger partial charge in [-0.2, -0.15) is 13.2 Å². The largest absolute Gasteiger partial charge is 0.416 e. The van der Waals surface area contributed by atoms with Crippen LogP contribution in [0.25, 0.3) is 22.2 Å².